The minimum absolute atomic E-state index is 0.108. The summed E-state index contributed by atoms with van der Waals surface area (Å²) in [7, 11) is 1.67. The van der Waals surface area contributed by atoms with Crippen molar-refractivity contribution in [2.75, 3.05) is 13.7 Å². The quantitative estimate of drug-likeness (QED) is 0.645. The topological polar surface area (TPSA) is 26.3 Å². The van der Waals surface area contributed by atoms with Crippen molar-refractivity contribution in [2.45, 2.75) is 33.1 Å². The summed E-state index contributed by atoms with van der Waals surface area (Å²) in [6.45, 7) is 4.56. The molecule has 0 radical (unpaired) electrons. The Morgan fingerprint density at radius 2 is 2.08 bits per heavy atom. The minimum Gasteiger partial charge on any atom is -0.384 e. The van der Waals surface area contributed by atoms with E-state index in [-0.39, 0.29) is 11.3 Å². The van der Waals surface area contributed by atoms with E-state index in [0.29, 0.717) is 12.4 Å². The van der Waals surface area contributed by atoms with Gasteiger partial charge in [-0.2, -0.15) is 0 Å². The molecule has 70 valence electrons. The van der Waals surface area contributed by atoms with Crippen LogP contribution in [0.2, 0.25) is 0 Å². The molecule has 1 aliphatic carbocycles. The molecule has 1 aliphatic rings. The fourth-order valence-corrected chi connectivity index (χ4v) is 1.95. The number of methoxy groups -OCH3 is 1. The number of ketones is 1. The highest BCUT2D eigenvalue weighted by Gasteiger charge is 2.44. The van der Waals surface area contributed by atoms with Gasteiger partial charge in [-0.15, -0.1) is 0 Å². The van der Waals surface area contributed by atoms with Crippen LogP contribution < -0.4 is 0 Å². The lowest BCUT2D eigenvalue weighted by Gasteiger charge is -2.40. The van der Waals surface area contributed by atoms with Crippen LogP contribution in [0.15, 0.2) is 0 Å². The van der Waals surface area contributed by atoms with E-state index >= 15 is 0 Å². The maximum absolute atomic E-state index is 11.8. The molecule has 0 unspecified atom stereocenters. The molecule has 1 fully saturated rings. The zero-order valence-electron chi connectivity index (χ0n) is 8.22. The molecular weight excluding hydrogens is 152 g/mol. The highest BCUT2D eigenvalue weighted by atomic mass is 16.5. The van der Waals surface area contributed by atoms with Gasteiger partial charge >= 0.3 is 0 Å². The molecule has 0 aromatic carbocycles. The van der Waals surface area contributed by atoms with Crippen LogP contribution in [-0.4, -0.2) is 19.5 Å². The molecule has 0 aromatic heterocycles. The van der Waals surface area contributed by atoms with Gasteiger partial charge in [0.05, 0.1) is 12.0 Å². The molecule has 0 heterocycles. The Hall–Kier alpha value is -0.370. The van der Waals surface area contributed by atoms with Gasteiger partial charge in [-0.1, -0.05) is 20.3 Å². The van der Waals surface area contributed by atoms with Crippen molar-refractivity contribution in [2.24, 2.45) is 11.3 Å². The third kappa shape index (κ3) is 1.53. The van der Waals surface area contributed by atoms with Gasteiger partial charge in [0.15, 0.2) is 0 Å². The van der Waals surface area contributed by atoms with Crippen LogP contribution in [0.25, 0.3) is 0 Å². The van der Waals surface area contributed by atoms with Crippen molar-refractivity contribution in [1.82, 2.24) is 0 Å². The molecule has 1 saturated carbocycles. The Morgan fingerprint density at radius 1 is 1.50 bits per heavy atom. The first kappa shape index (κ1) is 9.72. The summed E-state index contributed by atoms with van der Waals surface area (Å²) in [5.41, 5.74) is -0.108. The fraction of sp³-hybridized carbons (Fsp3) is 0.900. The van der Waals surface area contributed by atoms with E-state index in [2.05, 4.69) is 0 Å². The molecule has 0 amide bonds. The van der Waals surface area contributed by atoms with E-state index in [4.69, 9.17) is 4.74 Å². The molecule has 0 atom stereocenters. The van der Waals surface area contributed by atoms with Gasteiger partial charge in [-0.3, -0.25) is 4.79 Å². The third-order valence-corrected chi connectivity index (χ3v) is 2.78. The van der Waals surface area contributed by atoms with Gasteiger partial charge in [0.2, 0.25) is 0 Å². The van der Waals surface area contributed by atoms with Gasteiger partial charge in [-0.25, -0.2) is 0 Å². The monoisotopic (exact) mass is 170 g/mol. The lowest BCUT2D eigenvalue weighted by Crippen LogP contribution is -2.44. The molecular formula is C10H18O2. The van der Waals surface area contributed by atoms with Gasteiger partial charge < -0.3 is 4.74 Å². The third-order valence-electron chi connectivity index (χ3n) is 2.78. The largest absolute Gasteiger partial charge is 0.384 e. The van der Waals surface area contributed by atoms with Gasteiger partial charge in [-0.05, 0) is 12.8 Å². The molecule has 12 heavy (non-hydrogen) atoms. The number of hydrogen-bond donors (Lipinski definition) is 0. The average Bonchev–Trinajstić information content (AvgIpc) is 1.95. The highest BCUT2D eigenvalue weighted by Crippen LogP contribution is 2.43. The summed E-state index contributed by atoms with van der Waals surface area (Å²) in [5, 5.41) is 0. The van der Waals surface area contributed by atoms with Gasteiger partial charge in [0, 0.05) is 13.0 Å². The molecule has 2 heteroatoms. The Balaban J connectivity index is 2.60. The minimum atomic E-state index is -0.108. The van der Waals surface area contributed by atoms with Gasteiger partial charge in [0.1, 0.15) is 5.78 Å². The number of carbonyl (C=O) groups excluding carboxylic acids is 1. The maximum atomic E-state index is 11.8. The van der Waals surface area contributed by atoms with Crippen molar-refractivity contribution in [3.63, 3.8) is 0 Å². The Kier molecular flexibility index (Phi) is 2.89. The van der Waals surface area contributed by atoms with E-state index < -0.39 is 0 Å². The smallest absolute Gasteiger partial charge is 0.143 e. The second kappa shape index (κ2) is 3.56. The summed E-state index contributed by atoms with van der Waals surface area (Å²) in [6, 6.07) is 0. The van der Waals surface area contributed by atoms with Crippen LogP contribution in [0.5, 0.6) is 0 Å². The summed E-state index contributed by atoms with van der Waals surface area (Å²) in [4.78, 5) is 11.8. The summed E-state index contributed by atoms with van der Waals surface area (Å²) >= 11 is 0. The zero-order valence-corrected chi connectivity index (χ0v) is 8.22. The standard InChI is InChI=1S/C10H18O2/c1-8(2)9(11)10(7-12-3)5-4-6-10/h8H,4-7H2,1-3H3. The molecule has 2 nitrogen and oxygen atoms in total. The molecule has 0 saturated heterocycles. The van der Waals surface area contributed by atoms with Crippen LogP contribution in [0.4, 0.5) is 0 Å². The molecule has 0 bridgehead atoms. The normalized spacial score (nSPS) is 20.7. The van der Waals surface area contributed by atoms with Crippen molar-refractivity contribution >= 4 is 5.78 Å². The Labute approximate surface area is 74.3 Å². The fourth-order valence-electron chi connectivity index (χ4n) is 1.95. The zero-order chi connectivity index (χ0) is 9.19. The SMILES string of the molecule is COCC1(C(=O)C(C)C)CCC1. The molecule has 1 rings (SSSR count). The molecule has 0 spiro atoms. The van der Waals surface area contributed by atoms with Crippen LogP contribution >= 0.6 is 0 Å². The molecule has 0 aromatic rings. The van der Waals surface area contributed by atoms with Crippen LogP contribution in [0.3, 0.4) is 0 Å². The number of carbonyl (C=O) groups is 1. The first-order valence-electron chi connectivity index (χ1n) is 4.66. The van der Waals surface area contributed by atoms with Gasteiger partial charge in [0.25, 0.3) is 0 Å². The summed E-state index contributed by atoms with van der Waals surface area (Å²) in [6.07, 6.45) is 3.23. The van der Waals surface area contributed by atoms with E-state index in [1.54, 1.807) is 7.11 Å². The average molecular weight is 170 g/mol. The summed E-state index contributed by atoms with van der Waals surface area (Å²) < 4.78 is 5.10. The lowest BCUT2D eigenvalue weighted by molar-refractivity contribution is -0.141. The maximum Gasteiger partial charge on any atom is 0.143 e. The van der Waals surface area contributed by atoms with Crippen molar-refractivity contribution in [1.29, 1.82) is 0 Å². The molecule has 0 N–H and O–H groups in total. The second-order valence-electron chi connectivity index (χ2n) is 4.09. The first-order valence-corrected chi connectivity index (χ1v) is 4.66. The molecule has 0 aliphatic heterocycles. The Bertz CT molecular complexity index is 169. The van der Waals surface area contributed by atoms with Crippen LogP contribution in [0.1, 0.15) is 33.1 Å². The van der Waals surface area contributed by atoms with Crippen LogP contribution in [-0.2, 0) is 9.53 Å². The van der Waals surface area contributed by atoms with Crippen LogP contribution in [0, 0.1) is 11.3 Å². The van der Waals surface area contributed by atoms with E-state index in [0.717, 1.165) is 12.8 Å². The predicted molar refractivity (Wildman–Crippen MR) is 48.0 cm³/mol. The number of hydrogen-bond acceptors (Lipinski definition) is 2. The first-order chi connectivity index (χ1) is 5.62. The number of ether oxygens (including phenoxy) is 1. The predicted octanol–water partition coefficient (Wildman–Crippen LogP) is 2.03. The van der Waals surface area contributed by atoms with Crippen molar-refractivity contribution in [3.8, 4) is 0 Å². The Morgan fingerprint density at radius 3 is 2.33 bits per heavy atom. The lowest BCUT2D eigenvalue weighted by atomic mass is 9.64. The number of Topliss-reactive ketones (excluding diaryl/α,β-unsaturated/α-hetero) is 1. The number of rotatable bonds is 4. The summed E-state index contributed by atoms with van der Waals surface area (Å²) in [5.74, 6) is 0.538. The van der Waals surface area contributed by atoms with E-state index in [1.165, 1.54) is 6.42 Å². The second-order valence-corrected chi connectivity index (χ2v) is 4.09. The highest BCUT2D eigenvalue weighted by molar-refractivity contribution is 5.87. The van der Waals surface area contributed by atoms with E-state index in [1.807, 2.05) is 13.8 Å². The van der Waals surface area contributed by atoms with Crippen molar-refractivity contribution in [3.05, 3.63) is 0 Å². The van der Waals surface area contributed by atoms with E-state index in [9.17, 15) is 4.79 Å². The van der Waals surface area contributed by atoms with Crippen molar-refractivity contribution < 1.29 is 9.53 Å².